The molecule has 34 heavy (non-hydrogen) atoms. The van der Waals surface area contributed by atoms with Crippen molar-refractivity contribution in [3.05, 3.63) is 102 Å². The molecule has 3 rings (SSSR count). The Hall–Kier alpha value is -4.18. The Morgan fingerprint density at radius 2 is 1.44 bits per heavy atom. The summed E-state index contributed by atoms with van der Waals surface area (Å²) in [5.41, 5.74) is 8.34. The van der Waals surface area contributed by atoms with Crippen molar-refractivity contribution in [3.63, 3.8) is 0 Å². The van der Waals surface area contributed by atoms with Crippen LogP contribution in [0.2, 0.25) is 0 Å². The Labute approximate surface area is 193 Å². The summed E-state index contributed by atoms with van der Waals surface area (Å²) >= 11 is 0. The number of aliphatic carboxylic acids is 1. The monoisotopic (exact) mass is 473 g/mol. The highest BCUT2D eigenvalue weighted by molar-refractivity contribution is 6.01. The molecule has 10 heteroatoms. The summed E-state index contributed by atoms with van der Waals surface area (Å²) in [6.45, 7) is 0.345. The average molecular weight is 473 g/mol. The molecule has 5 N–H and O–H groups in total. The van der Waals surface area contributed by atoms with Gasteiger partial charge in [-0.2, -0.15) is 13.2 Å². The molecular formula is C24H22F3N3O4. The zero-order valence-electron chi connectivity index (χ0n) is 17.8. The second-order valence-corrected chi connectivity index (χ2v) is 6.88. The second kappa shape index (κ2) is 12.2. The van der Waals surface area contributed by atoms with Crippen LogP contribution in [0.3, 0.4) is 0 Å². The minimum absolute atomic E-state index is 0.310. The fourth-order valence-corrected chi connectivity index (χ4v) is 2.74. The number of alkyl halides is 3. The van der Waals surface area contributed by atoms with Crippen LogP contribution >= 0.6 is 0 Å². The first-order chi connectivity index (χ1) is 16.1. The number of nitrogens with one attached hydrogen (secondary N) is 2. The molecule has 0 radical (unpaired) electrons. The van der Waals surface area contributed by atoms with Crippen LogP contribution in [0.25, 0.3) is 0 Å². The Balaban J connectivity index is 0.000000509. The van der Waals surface area contributed by atoms with Gasteiger partial charge in [-0.1, -0.05) is 60.7 Å². The minimum atomic E-state index is -5.08. The van der Waals surface area contributed by atoms with E-state index in [1.165, 1.54) is 0 Å². The van der Waals surface area contributed by atoms with E-state index in [0.717, 1.165) is 5.56 Å². The molecule has 0 saturated heterocycles. The van der Waals surface area contributed by atoms with E-state index in [-0.39, 0.29) is 11.8 Å². The topological polar surface area (TPSA) is 122 Å². The highest BCUT2D eigenvalue weighted by Crippen LogP contribution is 2.17. The number of para-hydroxylation sites is 1. The third-order valence-electron chi connectivity index (χ3n) is 4.38. The molecule has 0 spiro atoms. The van der Waals surface area contributed by atoms with Crippen molar-refractivity contribution in [2.75, 3.05) is 5.32 Å². The van der Waals surface area contributed by atoms with Gasteiger partial charge in [0, 0.05) is 17.8 Å². The number of hydrogen-bond donors (Lipinski definition) is 4. The number of halogens is 3. The van der Waals surface area contributed by atoms with Gasteiger partial charge in [0.1, 0.15) is 6.04 Å². The number of benzene rings is 3. The molecule has 3 aromatic rings. The van der Waals surface area contributed by atoms with Crippen LogP contribution in [0.4, 0.5) is 18.9 Å². The number of amides is 2. The largest absolute Gasteiger partial charge is 0.490 e. The van der Waals surface area contributed by atoms with Crippen molar-refractivity contribution in [1.82, 2.24) is 5.32 Å². The zero-order valence-corrected chi connectivity index (χ0v) is 17.8. The zero-order chi connectivity index (χ0) is 25.1. The van der Waals surface area contributed by atoms with Crippen molar-refractivity contribution in [1.29, 1.82) is 0 Å². The van der Waals surface area contributed by atoms with Crippen LogP contribution in [0.5, 0.6) is 0 Å². The molecule has 2 amide bonds. The van der Waals surface area contributed by atoms with E-state index < -0.39 is 18.2 Å². The molecule has 7 nitrogen and oxygen atoms in total. The lowest BCUT2D eigenvalue weighted by Crippen LogP contribution is -2.37. The van der Waals surface area contributed by atoms with E-state index in [0.29, 0.717) is 23.4 Å². The quantitative estimate of drug-likeness (QED) is 0.433. The van der Waals surface area contributed by atoms with Gasteiger partial charge in [-0.05, 0) is 35.4 Å². The number of rotatable bonds is 6. The Kier molecular flexibility index (Phi) is 9.33. The summed E-state index contributed by atoms with van der Waals surface area (Å²) in [7, 11) is 0. The molecule has 0 aromatic heterocycles. The first-order valence-corrected chi connectivity index (χ1v) is 9.92. The van der Waals surface area contributed by atoms with Gasteiger partial charge in [-0.25, -0.2) is 4.79 Å². The number of nitrogens with two attached hydrogens (primary N) is 1. The highest BCUT2D eigenvalue weighted by atomic mass is 19.4. The lowest BCUT2D eigenvalue weighted by Gasteiger charge is -2.19. The highest BCUT2D eigenvalue weighted by Gasteiger charge is 2.38. The van der Waals surface area contributed by atoms with Crippen LogP contribution < -0.4 is 16.4 Å². The molecule has 1 atom stereocenters. The minimum Gasteiger partial charge on any atom is -0.475 e. The Bertz CT molecular complexity index is 1110. The van der Waals surface area contributed by atoms with Gasteiger partial charge >= 0.3 is 12.1 Å². The summed E-state index contributed by atoms with van der Waals surface area (Å²) in [4.78, 5) is 34.5. The molecular weight excluding hydrogens is 451 g/mol. The molecule has 1 unspecified atom stereocenters. The smallest absolute Gasteiger partial charge is 0.475 e. The standard InChI is InChI=1S/C22H21N3O2.C2HF3O2/c23-15-16-8-7-11-18(14-16)21(26)25-20(17-9-3-1-4-10-17)22(27)24-19-12-5-2-6-13-19;3-2(4,5)1(6)7/h1-14,20H,15,23H2,(H,24,27)(H,25,26);(H,6,7). The molecule has 0 aliphatic carbocycles. The van der Waals surface area contributed by atoms with Crippen LogP contribution in [-0.4, -0.2) is 29.1 Å². The van der Waals surface area contributed by atoms with Crippen LogP contribution in [0.15, 0.2) is 84.9 Å². The number of carboxylic acid groups (broad SMARTS) is 1. The number of carbonyl (C=O) groups is 3. The SMILES string of the molecule is NCc1cccc(C(=O)NC(C(=O)Nc2ccccc2)c2ccccc2)c1.O=C(O)C(F)(F)F. The predicted molar refractivity (Wildman–Crippen MR) is 120 cm³/mol. The predicted octanol–water partition coefficient (Wildman–Crippen LogP) is 3.89. The lowest BCUT2D eigenvalue weighted by atomic mass is 10.0. The second-order valence-electron chi connectivity index (χ2n) is 6.88. The van der Waals surface area contributed by atoms with E-state index in [1.54, 1.807) is 30.3 Å². The first-order valence-electron chi connectivity index (χ1n) is 9.92. The fraction of sp³-hybridized carbons (Fsp3) is 0.125. The lowest BCUT2D eigenvalue weighted by molar-refractivity contribution is -0.192. The third-order valence-corrected chi connectivity index (χ3v) is 4.38. The molecule has 3 aromatic carbocycles. The molecule has 0 fully saturated rings. The van der Waals surface area contributed by atoms with Crippen molar-refractivity contribution in [3.8, 4) is 0 Å². The maximum Gasteiger partial charge on any atom is 0.490 e. The van der Waals surface area contributed by atoms with E-state index in [9.17, 15) is 22.8 Å². The normalized spacial score (nSPS) is 11.4. The van der Waals surface area contributed by atoms with Gasteiger partial charge in [0.15, 0.2) is 0 Å². The molecule has 0 aliphatic rings. The number of anilines is 1. The van der Waals surface area contributed by atoms with Gasteiger partial charge in [-0.15, -0.1) is 0 Å². The van der Waals surface area contributed by atoms with Crippen molar-refractivity contribution < 1.29 is 32.7 Å². The number of hydrogen-bond acceptors (Lipinski definition) is 4. The molecule has 0 heterocycles. The van der Waals surface area contributed by atoms with Gasteiger partial charge in [0.05, 0.1) is 0 Å². The van der Waals surface area contributed by atoms with Gasteiger partial charge in [0.2, 0.25) is 0 Å². The van der Waals surface area contributed by atoms with Gasteiger partial charge in [0.25, 0.3) is 11.8 Å². The molecule has 0 saturated carbocycles. The van der Waals surface area contributed by atoms with Crippen LogP contribution in [0, 0.1) is 0 Å². The number of carbonyl (C=O) groups excluding carboxylic acids is 2. The molecule has 0 aliphatic heterocycles. The number of carboxylic acids is 1. The van der Waals surface area contributed by atoms with Crippen LogP contribution in [0.1, 0.15) is 27.5 Å². The maximum absolute atomic E-state index is 12.9. The maximum atomic E-state index is 12.9. The molecule has 0 bridgehead atoms. The van der Waals surface area contributed by atoms with Crippen molar-refractivity contribution >= 4 is 23.5 Å². The van der Waals surface area contributed by atoms with Gasteiger partial charge in [-0.3, -0.25) is 9.59 Å². The first kappa shape index (κ1) is 26.1. The van der Waals surface area contributed by atoms with Crippen LogP contribution in [-0.2, 0) is 16.1 Å². The van der Waals surface area contributed by atoms with Crippen molar-refractivity contribution in [2.24, 2.45) is 5.73 Å². The van der Waals surface area contributed by atoms with Gasteiger partial charge < -0.3 is 21.5 Å². The Morgan fingerprint density at radius 1 is 0.882 bits per heavy atom. The Morgan fingerprint density at radius 3 is 1.97 bits per heavy atom. The summed E-state index contributed by atoms with van der Waals surface area (Å²) in [5, 5.41) is 12.8. The van der Waals surface area contributed by atoms with Crippen molar-refractivity contribution in [2.45, 2.75) is 18.8 Å². The summed E-state index contributed by atoms with van der Waals surface area (Å²) in [5.74, 6) is -3.40. The van der Waals surface area contributed by atoms with E-state index in [4.69, 9.17) is 15.6 Å². The van der Waals surface area contributed by atoms with E-state index in [1.807, 2.05) is 54.6 Å². The summed E-state index contributed by atoms with van der Waals surface area (Å²) in [6, 6.07) is 24.5. The average Bonchev–Trinajstić information content (AvgIpc) is 2.83. The third kappa shape index (κ3) is 8.06. The van der Waals surface area contributed by atoms with E-state index >= 15 is 0 Å². The fourth-order valence-electron chi connectivity index (χ4n) is 2.74. The summed E-state index contributed by atoms with van der Waals surface area (Å²) in [6.07, 6.45) is -5.08. The summed E-state index contributed by atoms with van der Waals surface area (Å²) < 4.78 is 31.7. The molecule has 178 valence electrons. The van der Waals surface area contributed by atoms with E-state index in [2.05, 4.69) is 10.6 Å².